The highest BCUT2D eigenvalue weighted by molar-refractivity contribution is 9.10. The van der Waals surface area contributed by atoms with Crippen molar-refractivity contribution in [1.29, 1.82) is 0 Å². The first kappa shape index (κ1) is 13.6. The Balaban J connectivity index is 1.88. The van der Waals surface area contributed by atoms with Crippen LogP contribution in [0.3, 0.4) is 0 Å². The molecule has 1 aliphatic heterocycles. The van der Waals surface area contributed by atoms with Crippen molar-refractivity contribution in [2.45, 2.75) is 12.8 Å². The standard InChI is InChI=1S/C17H13BrN2O2/c18-13-7-8-14(15-12(13)6-3-9-19-15)20-16(21)10-4-1-2-5-11(10)17(20)22/h1-3,6-11H,4-5H2. The Labute approximate surface area is 136 Å². The summed E-state index contributed by atoms with van der Waals surface area (Å²) in [6, 6.07) is 7.42. The van der Waals surface area contributed by atoms with Gasteiger partial charge in [-0.05, 0) is 31.0 Å². The first-order chi connectivity index (χ1) is 10.7. The van der Waals surface area contributed by atoms with Crippen LogP contribution < -0.4 is 4.90 Å². The lowest BCUT2D eigenvalue weighted by molar-refractivity contribution is -0.122. The van der Waals surface area contributed by atoms with Crippen LogP contribution in [0.1, 0.15) is 12.8 Å². The van der Waals surface area contributed by atoms with Crippen molar-refractivity contribution in [2.75, 3.05) is 4.90 Å². The summed E-state index contributed by atoms with van der Waals surface area (Å²) >= 11 is 3.49. The van der Waals surface area contributed by atoms with Crippen LogP contribution >= 0.6 is 15.9 Å². The van der Waals surface area contributed by atoms with Crippen molar-refractivity contribution >= 4 is 44.3 Å². The van der Waals surface area contributed by atoms with E-state index in [9.17, 15) is 9.59 Å². The molecule has 2 aliphatic rings. The van der Waals surface area contributed by atoms with Crippen LogP contribution in [0, 0.1) is 11.8 Å². The van der Waals surface area contributed by atoms with Gasteiger partial charge < -0.3 is 0 Å². The highest BCUT2D eigenvalue weighted by Gasteiger charge is 2.48. The van der Waals surface area contributed by atoms with E-state index in [1.165, 1.54) is 4.90 Å². The second-order valence-corrected chi connectivity index (χ2v) is 6.49. The first-order valence-electron chi connectivity index (χ1n) is 7.24. The van der Waals surface area contributed by atoms with Gasteiger partial charge in [0.05, 0.1) is 23.0 Å². The summed E-state index contributed by atoms with van der Waals surface area (Å²) in [5, 5.41) is 0.897. The highest BCUT2D eigenvalue weighted by Crippen LogP contribution is 2.40. The van der Waals surface area contributed by atoms with Crippen LogP contribution in [-0.4, -0.2) is 16.8 Å². The predicted octanol–water partition coefficient (Wildman–Crippen LogP) is 3.45. The molecule has 0 radical (unpaired) electrons. The molecular formula is C17H13BrN2O2. The van der Waals surface area contributed by atoms with Gasteiger partial charge in [-0.2, -0.15) is 0 Å². The van der Waals surface area contributed by atoms with Crippen LogP contribution in [0.4, 0.5) is 5.69 Å². The summed E-state index contributed by atoms with van der Waals surface area (Å²) in [6.07, 6.45) is 6.96. The number of allylic oxidation sites excluding steroid dienone is 2. The van der Waals surface area contributed by atoms with Crippen LogP contribution in [0.15, 0.2) is 47.1 Å². The normalized spacial score (nSPS) is 24.1. The number of pyridine rings is 1. The molecule has 4 rings (SSSR count). The molecule has 2 unspecified atom stereocenters. The van der Waals surface area contributed by atoms with E-state index >= 15 is 0 Å². The number of benzene rings is 1. The SMILES string of the molecule is O=C1C2CC=CCC2C(=O)N1c1ccc(Br)c2cccnc12. The minimum absolute atomic E-state index is 0.103. The molecule has 0 N–H and O–H groups in total. The topological polar surface area (TPSA) is 50.3 Å². The minimum Gasteiger partial charge on any atom is -0.274 e. The Kier molecular flexibility index (Phi) is 3.11. The lowest BCUT2D eigenvalue weighted by Gasteiger charge is -2.17. The van der Waals surface area contributed by atoms with Crippen LogP contribution in [0.5, 0.6) is 0 Å². The number of carbonyl (C=O) groups excluding carboxylic acids is 2. The second kappa shape index (κ2) is 5.02. The van der Waals surface area contributed by atoms with Crippen molar-refractivity contribution < 1.29 is 9.59 Å². The number of halogens is 1. The zero-order chi connectivity index (χ0) is 15.3. The molecule has 2 amide bonds. The third-order valence-corrected chi connectivity index (χ3v) is 5.14. The first-order valence-corrected chi connectivity index (χ1v) is 8.04. The molecule has 110 valence electrons. The molecule has 22 heavy (non-hydrogen) atoms. The van der Waals surface area contributed by atoms with E-state index in [1.807, 2.05) is 30.4 Å². The summed E-state index contributed by atoms with van der Waals surface area (Å²) in [5.41, 5.74) is 1.26. The molecule has 0 saturated carbocycles. The van der Waals surface area contributed by atoms with Gasteiger partial charge in [0.15, 0.2) is 0 Å². The monoisotopic (exact) mass is 356 g/mol. The molecule has 0 spiro atoms. The fraction of sp³-hybridized carbons (Fsp3) is 0.235. The molecule has 1 aliphatic carbocycles. The fourth-order valence-corrected chi connectivity index (χ4v) is 3.79. The van der Waals surface area contributed by atoms with E-state index < -0.39 is 0 Å². The third kappa shape index (κ3) is 1.85. The van der Waals surface area contributed by atoms with Gasteiger partial charge in [-0.1, -0.05) is 34.1 Å². The van der Waals surface area contributed by atoms with Gasteiger partial charge in [-0.3, -0.25) is 14.6 Å². The van der Waals surface area contributed by atoms with E-state index in [1.54, 1.807) is 12.3 Å². The van der Waals surface area contributed by atoms with Gasteiger partial charge in [0.1, 0.15) is 0 Å². The number of hydrogen-bond donors (Lipinski definition) is 0. The summed E-state index contributed by atoms with van der Waals surface area (Å²) in [7, 11) is 0. The highest BCUT2D eigenvalue weighted by atomic mass is 79.9. The number of aromatic nitrogens is 1. The van der Waals surface area contributed by atoms with Crippen molar-refractivity contribution in [2.24, 2.45) is 11.8 Å². The average Bonchev–Trinajstić information content (AvgIpc) is 2.81. The quantitative estimate of drug-likeness (QED) is 0.580. The Morgan fingerprint density at radius 1 is 1.05 bits per heavy atom. The van der Waals surface area contributed by atoms with Crippen LogP contribution in [0.25, 0.3) is 10.9 Å². The Bertz CT molecular complexity index is 805. The molecule has 2 atom stereocenters. The van der Waals surface area contributed by atoms with Crippen molar-refractivity contribution in [3.63, 3.8) is 0 Å². The largest absolute Gasteiger partial charge is 0.274 e. The van der Waals surface area contributed by atoms with Crippen LogP contribution in [-0.2, 0) is 9.59 Å². The molecule has 1 fully saturated rings. The molecular weight excluding hydrogens is 344 g/mol. The Morgan fingerprint density at radius 3 is 2.41 bits per heavy atom. The molecule has 4 nitrogen and oxygen atoms in total. The van der Waals surface area contributed by atoms with E-state index in [4.69, 9.17) is 0 Å². The summed E-state index contributed by atoms with van der Waals surface area (Å²) < 4.78 is 0.900. The Morgan fingerprint density at radius 2 is 1.73 bits per heavy atom. The molecule has 0 bridgehead atoms. The van der Waals surface area contributed by atoms with Gasteiger partial charge in [0.2, 0.25) is 11.8 Å². The van der Waals surface area contributed by atoms with E-state index in [0.29, 0.717) is 24.0 Å². The molecule has 1 saturated heterocycles. The summed E-state index contributed by atoms with van der Waals surface area (Å²) in [4.78, 5) is 31.1. The van der Waals surface area contributed by atoms with Gasteiger partial charge in [-0.15, -0.1) is 0 Å². The maximum absolute atomic E-state index is 12.7. The van der Waals surface area contributed by atoms with Gasteiger partial charge in [-0.25, -0.2) is 4.90 Å². The van der Waals surface area contributed by atoms with E-state index in [0.717, 1.165) is 9.86 Å². The number of nitrogens with zero attached hydrogens (tertiary/aromatic N) is 2. The van der Waals surface area contributed by atoms with Crippen molar-refractivity contribution in [3.05, 3.63) is 47.1 Å². The zero-order valence-corrected chi connectivity index (χ0v) is 13.3. The molecule has 2 heterocycles. The van der Waals surface area contributed by atoms with Gasteiger partial charge in [0, 0.05) is 16.1 Å². The number of hydrogen-bond acceptors (Lipinski definition) is 3. The van der Waals surface area contributed by atoms with Crippen molar-refractivity contribution in [3.8, 4) is 0 Å². The predicted molar refractivity (Wildman–Crippen MR) is 87.3 cm³/mol. The number of fused-ring (bicyclic) bond motifs is 2. The fourth-order valence-electron chi connectivity index (χ4n) is 3.34. The van der Waals surface area contributed by atoms with E-state index in [2.05, 4.69) is 20.9 Å². The second-order valence-electron chi connectivity index (χ2n) is 5.63. The number of rotatable bonds is 1. The van der Waals surface area contributed by atoms with Gasteiger partial charge in [0.25, 0.3) is 0 Å². The maximum atomic E-state index is 12.7. The third-order valence-electron chi connectivity index (χ3n) is 4.44. The zero-order valence-electron chi connectivity index (χ0n) is 11.7. The minimum atomic E-state index is -0.222. The maximum Gasteiger partial charge on any atom is 0.238 e. The smallest absolute Gasteiger partial charge is 0.238 e. The number of anilines is 1. The summed E-state index contributed by atoms with van der Waals surface area (Å²) in [5.74, 6) is -0.651. The summed E-state index contributed by atoms with van der Waals surface area (Å²) in [6.45, 7) is 0. The lowest BCUT2D eigenvalue weighted by atomic mass is 9.85. The number of imide groups is 1. The molecule has 1 aromatic carbocycles. The Hall–Kier alpha value is -2.01. The van der Waals surface area contributed by atoms with Crippen LogP contribution in [0.2, 0.25) is 0 Å². The number of amides is 2. The average molecular weight is 357 g/mol. The van der Waals surface area contributed by atoms with Gasteiger partial charge >= 0.3 is 0 Å². The number of carbonyl (C=O) groups is 2. The van der Waals surface area contributed by atoms with Crippen molar-refractivity contribution in [1.82, 2.24) is 4.98 Å². The molecule has 1 aromatic heterocycles. The molecule has 5 heteroatoms. The van der Waals surface area contributed by atoms with E-state index in [-0.39, 0.29) is 23.7 Å². The lowest BCUT2D eigenvalue weighted by Crippen LogP contribution is -2.31. The molecule has 2 aromatic rings.